The Morgan fingerprint density at radius 2 is 1.95 bits per heavy atom. The molecule has 21 heavy (non-hydrogen) atoms. The standard InChI is InChI=1S/C17H21NO3/c1-17(20-10-11-21-17)15-8-5-9-18(12-15)16(13-19)14-6-3-2-4-7-14/h2-7,9,12,16,19H,8,10-11,13H2,1H3/t16-/m0/s1. The molecule has 2 aliphatic rings. The Hall–Kier alpha value is -1.62. The number of aliphatic hydroxyl groups excluding tert-OH is 1. The van der Waals surface area contributed by atoms with Gasteiger partial charge >= 0.3 is 0 Å². The summed E-state index contributed by atoms with van der Waals surface area (Å²) in [6.07, 6.45) is 6.94. The number of rotatable bonds is 4. The normalized spacial score (nSPS) is 22.2. The van der Waals surface area contributed by atoms with Gasteiger partial charge in [-0.25, -0.2) is 0 Å². The second-order valence-corrected chi connectivity index (χ2v) is 5.44. The molecule has 1 aromatic carbocycles. The van der Waals surface area contributed by atoms with Crippen LogP contribution < -0.4 is 0 Å². The third-order valence-corrected chi connectivity index (χ3v) is 4.06. The third kappa shape index (κ3) is 2.88. The molecule has 0 saturated carbocycles. The van der Waals surface area contributed by atoms with Crippen molar-refractivity contribution in [3.8, 4) is 0 Å². The molecule has 1 N–H and O–H groups in total. The highest BCUT2D eigenvalue weighted by atomic mass is 16.7. The molecule has 1 saturated heterocycles. The molecule has 2 aliphatic heterocycles. The van der Waals surface area contributed by atoms with Gasteiger partial charge in [0.1, 0.15) is 0 Å². The van der Waals surface area contributed by atoms with Gasteiger partial charge in [0.05, 0.1) is 25.9 Å². The molecule has 0 unspecified atom stereocenters. The number of hydrogen-bond acceptors (Lipinski definition) is 4. The lowest BCUT2D eigenvalue weighted by molar-refractivity contribution is -0.112. The average Bonchev–Trinajstić information content (AvgIpc) is 2.98. The zero-order valence-electron chi connectivity index (χ0n) is 12.2. The van der Waals surface area contributed by atoms with Crippen LogP contribution >= 0.6 is 0 Å². The molecule has 2 heterocycles. The molecule has 0 amide bonds. The average molecular weight is 287 g/mol. The molecule has 0 spiro atoms. The van der Waals surface area contributed by atoms with E-state index in [2.05, 4.69) is 6.08 Å². The molecule has 1 atom stereocenters. The predicted molar refractivity (Wildman–Crippen MR) is 80.3 cm³/mol. The first kappa shape index (κ1) is 14.3. The van der Waals surface area contributed by atoms with Crippen LogP contribution in [0.15, 0.2) is 54.4 Å². The van der Waals surface area contributed by atoms with Gasteiger partial charge < -0.3 is 19.5 Å². The van der Waals surface area contributed by atoms with Gasteiger partial charge in [0.2, 0.25) is 0 Å². The first-order valence-electron chi connectivity index (χ1n) is 7.32. The van der Waals surface area contributed by atoms with Crippen molar-refractivity contribution in [3.05, 3.63) is 59.9 Å². The molecular formula is C17H21NO3. The van der Waals surface area contributed by atoms with Crippen LogP contribution in [-0.4, -0.2) is 35.6 Å². The summed E-state index contributed by atoms with van der Waals surface area (Å²) in [5, 5.41) is 9.78. The molecule has 0 bridgehead atoms. The summed E-state index contributed by atoms with van der Waals surface area (Å²) in [6, 6.07) is 9.92. The number of allylic oxidation sites excluding steroid dienone is 1. The summed E-state index contributed by atoms with van der Waals surface area (Å²) in [4.78, 5) is 2.03. The molecule has 0 aliphatic carbocycles. The Balaban J connectivity index is 1.85. The maximum Gasteiger partial charge on any atom is 0.190 e. The largest absolute Gasteiger partial charge is 0.394 e. The molecule has 0 radical (unpaired) electrons. The molecule has 0 aromatic heterocycles. The molecule has 3 rings (SSSR count). The number of hydrogen-bond donors (Lipinski definition) is 1. The summed E-state index contributed by atoms with van der Waals surface area (Å²) in [5.41, 5.74) is 2.16. The summed E-state index contributed by atoms with van der Waals surface area (Å²) >= 11 is 0. The number of ether oxygens (including phenoxy) is 2. The van der Waals surface area contributed by atoms with Crippen molar-refractivity contribution < 1.29 is 14.6 Å². The second kappa shape index (κ2) is 6.02. The fraction of sp³-hybridized carbons (Fsp3) is 0.412. The molecule has 4 heteroatoms. The van der Waals surface area contributed by atoms with Crippen LogP contribution in [0.2, 0.25) is 0 Å². The zero-order valence-corrected chi connectivity index (χ0v) is 12.2. The van der Waals surface area contributed by atoms with Gasteiger partial charge in [0.15, 0.2) is 5.79 Å². The Kier molecular flexibility index (Phi) is 4.10. The van der Waals surface area contributed by atoms with E-state index in [1.165, 1.54) is 0 Å². The predicted octanol–water partition coefficient (Wildman–Crippen LogP) is 2.59. The lowest BCUT2D eigenvalue weighted by atomic mass is 10.0. The first-order valence-corrected chi connectivity index (χ1v) is 7.32. The lowest BCUT2D eigenvalue weighted by Crippen LogP contribution is -2.32. The van der Waals surface area contributed by atoms with Crippen LogP contribution in [0, 0.1) is 0 Å². The topological polar surface area (TPSA) is 41.9 Å². The quantitative estimate of drug-likeness (QED) is 0.924. The summed E-state index contributed by atoms with van der Waals surface area (Å²) in [5.74, 6) is -0.639. The van der Waals surface area contributed by atoms with Crippen LogP contribution in [-0.2, 0) is 9.47 Å². The zero-order chi connectivity index (χ0) is 14.7. The van der Waals surface area contributed by atoms with E-state index in [0.29, 0.717) is 13.2 Å². The summed E-state index contributed by atoms with van der Waals surface area (Å²) < 4.78 is 11.5. The SMILES string of the molecule is CC1(C2=CN([C@@H](CO)c3ccccc3)C=CC2)OCCO1. The second-order valence-electron chi connectivity index (χ2n) is 5.44. The van der Waals surface area contributed by atoms with Gasteiger partial charge in [-0.2, -0.15) is 0 Å². The first-order chi connectivity index (χ1) is 10.2. The fourth-order valence-corrected chi connectivity index (χ4v) is 2.82. The molecule has 112 valence electrons. The van der Waals surface area contributed by atoms with E-state index in [-0.39, 0.29) is 12.6 Å². The molecule has 4 nitrogen and oxygen atoms in total. The fourth-order valence-electron chi connectivity index (χ4n) is 2.82. The third-order valence-electron chi connectivity index (χ3n) is 4.06. The minimum absolute atomic E-state index is 0.0521. The highest BCUT2D eigenvalue weighted by Gasteiger charge is 2.36. The Labute approximate surface area is 125 Å². The van der Waals surface area contributed by atoms with Crippen molar-refractivity contribution in [2.75, 3.05) is 19.8 Å². The number of benzene rings is 1. The highest BCUT2D eigenvalue weighted by Crippen LogP contribution is 2.34. The Morgan fingerprint density at radius 3 is 2.62 bits per heavy atom. The van der Waals surface area contributed by atoms with Gasteiger partial charge in [0.25, 0.3) is 0 Å². The van der Waals surface area contributed by atoms with Gasteiger partial charge in [-0.05, 0) is 18.9 Å². The van der Waals surface area contributed by atoms with E-state index < -0.39 is 5.79 Å². The Bertz CT molecular complexity index is 532. The maximum absolute atomic E-state index is 9.78. The van der Waals surface area contributed by atoms with E-state index in [0.717, 1.165) is 17.6 Å². The Morgan fingerprint density at radius 1 is 1.24 bits per heavy atom. The van der Waals surface area contributed by atoms with Crippen LogP contribution in [0.4, 0.5) is 0 Å². The van der Waals surface area contributed by atoms with Crippen molar-refractivity contribution >= 4 is 0 Å². The smallest absolute Gasteiger partial charge is 0.190 e. The van der Waals surface area contributed by atoms with E-state index in [1.807, 2.05) is 54.6 Å². The van der Waals surface area contributed by atoms with Crippen molar-refractivity contribution in [1.82, 2.24) is 4.90 Å². The molecule has 1 fully saturated rings. The van der Waals surface area contributed by atoms with Crippen LogP contribution in [0.1, 0.15) is 24.9 Å². The van der Waals surface area contributed by atoms with Crippen molar-refractivity contribution in [2.45, 2.75) is 25.2 Å². The minimum atomic E-state index is -0.639. The van der Waals surface area contributed by atoms with E-state index in [9.17, 15) is 5.11 Å². The van der Waals surface area contributed by atoms with Gasteiger partial charge in [-0.15, -0.1) is 0 Å². The monoisotopic (exact) mass is 287 g/mol. The summed E-state index contributed by atoms with van der Waals surface area (Å²) in [6.45, 7) is 3.26. The minimum Gasteiger partial charge on any atom is -0.394 e. The van der Waals surface area contributed by atoms with E-state index >= 15 is 0 Å². The summed E-state index contributed by atoms with van der Waals surface area (Å²) in [7, 11) is 0. The van der Waals surface area contributed by atoms with Crippen molar-refractivity contribution in [2.24, 2.45) is 0 Å². The number of aliphatic hydroxyl groups is 1. The van der Waals surface area contributed by atoms with Crippen molar-refractivity contribution in [1.29, 1.82) is 0 Å². The van der Waals surface area contributed by atoms with Crippen LogP contribution in [0.25, 0.3) is 0 Å². The number of nitrogens with zero attached hydrogens (tertiary/aromatic N) is 1. The van der Waals surface area contributed by atoms with Crippen LogP contribution in [0.3, 0.4) is 0 Å². The van der Waals surface area contributed by atoms with Gasteiger partial charge in [-0.1, -0.05) is 36.4 Å². The molecular weight excluding hydrogens is 266 g/mol. The van der Waals surface area contributed by atoms with Gasteiger partial charge in [-0.3, -0.25) is 0 Å². The van der Waals surface area contributed by atoms with E-state index in [4.69, 9.17) is 9.47 Å². The molecule has 1 aromatic rings. The van der Waals surface area contributed by atoms with Crippen LogP contribution in [0.5, 0.6) is 0 Å². The highest BCUT2D eigenvalue weighted by molar-refractivity contribution is 5.26. The van der Waals surface area contributed by atoms with Gasteiger partial charge in [0, 0.05) is 18.0 Å². The van der Waals surface area contributed by atoms with E-state index in [1.54, 1.807) is 0 Å². The maximum atomic E-state index is 9.78. The lowest BCUT2D eigenvalue weighted by Gasteiger charge is -2.33. The van der Waals surface area contributed by atoms with Crippen molar-refractivity contribution in [3.63, 3.8) is 0 Å².